The highest BCUT2D eigenvalue weighted by Crippen LogP contribution is 2.42. The molecule has 1 N–H and O–H groups in total. The normalized spacial score (nSPS) is 26.8. The Hall–Kier alpha value is -2.74. The van der Waals surface area contributed by atoms with E-state index in [0.717, 1.165) is 56.7 Å². The number of nitrogens with zero attached hydrogens (tertiary/aromatic N) is 4. The minimum atomic E-state index is -0.250. The van der Waals surface area contributed by atoms with Crippen molar-refractivity contribution in [2.24, 2.45) is 11.8 Å². The lowest BCUT2D eigenvalue weighted by atomic mass is 9.70. The summed E-state index contributed by atoms with van der Waals surface area (Å²) in [5.41, 5.74) is 2.12. The molecule has 4 heterocycles. The number of hydrogen-bond donors (Lipinski definition) is 1. The fraction of sp³-hybridized carbons (Fsp3) is 0.560. The molecule has 1 aromatic heterocycles. The number of likely N-dealkylation sites (tertiary alicyclic amines) is 1. The Bertz CT molecular complexity index is 965. The molecule has 8 heteroatoms. The first-order valence-electron chi connectivity index (χ1n) is 11.9. The highest BCUT2D eigenvalue weighted by Gasteiger charge is 2.49. The van der Waals surface area contributed by atoms with Crippen LogP contribution in [-0.2, 0) is 29.1 Å². The van der Waals surface area contributed by atoms with Gasteiger partial charge < -0.3 is 14.6 Å². The average Bonchev–Trinajstić information content (AvgIpc) is 3.25. The van der Waals surface area contributed by atoms with Crippen LogP contribution in [0.4, 0.5) is 4.39 Å². The molecule has 0 unspecified atom stereocenters. The highest BCUT2D eigenvalue weighted by molar-refractivity contribution is 5.78. The van der Waals surface area contributed by atoms with Gasteiger partial charge in [-0.2, -0.15) is 0 Å². The fourth-order valence-corrected chi connectivity index (χ4v) is 6.06. The number of halogens is 1. The molecule has 3 saturated heterocycles. The Morgan fingerprint density at radius 2 is 2.06 bits per heavy atom. The standard InChI is InChI=1S/C24H31FN4O.CH2O2/c1-2-27-14-21(26-16-27)15-28-12-18-11-19(13-28)23(10-17-5-3-6-20(25)9-17)29-22(18)7-4-8-24(29)30;2-1-3/h3,5-6,9,14,16,18-19,22-23H,2,4,7-8,10-13,15H2,1H3;1H,(H,2,3)/t18-,19+,22+,23+;/m1./s1. The Morgan fingerprint density at radius 1 is 1.27 bits per heavy atom. The van der Waals surface area contributed by atoms with Crippen molar-refractivity contribution in [3.05, 3.63) is 53.9 Å². The van der Waals surface area contributed by atoms with Gasteiger partial charge in [0.05, 0.1) is 12.0 Å². The van der Waals surface area contributed by atoms with Crippen molar-refractivity contribution < 1.29 is 19.1 Å². The first-order chi connectivity index (χ1) is 16.0. The molecule has 1 amide bonds. The van der Waals surface area contributed by atoms with Gasteiger partial charge in [0, 0.05) is 50.9 Å². The number of rotatable bonds is 5. The first kappa shape index (κ1) is 23.4. The van der Waals surface area contributed by atoms with Gasteiger partial charge in [0.1, 0.15) is 5.82 Å². The number of fused-ring (bicyclic) bond motifs is 4. The van der Waals surface area contributed by atoms with Crippen molar-refractivity contribution in [2.45, 2.75) is 64.2 Å². The fourth-order valence-electron chi connectivity index (χ4n) is 6.06. The van der Waals surface area contributed by atoms with Gasteiger partial charge in [0.25, 0.3) is 6.47 Å². The molecular weight excluding hydrogens is 423 g/mol. The van der Waals surface area contributed by atoms with E-state index in [4.69, 9.17) is 9.90 Å². The van der Waals surface area contributed by atoms with E-state index < -0.39 is 0 Å². The van der Waals surface area contributed by atoms with Gasteiger partial charge in [0.15, 0.2) is 0 Å². The molecule has 0 radical (unpaired) electrons. The van der Waals surface area contributed by atoms with Crippen molar-refractivity contribution >= 4 is 12.4 Å². The van der Waals surface area contributed by atoms with Crippen molar-refractivity contribution in [2.75, 3.05) is 13.1 Å². The highest BCUT2D eigenvalue weighted by atomic mass is 19.1. The number of imidazole rings is 1. The molecule has 0 saturated carbocycles. The van der Waals surface area contributed by atoms with E-state index in [9.17, 15) is 9.18 Å². The molecule has 2 aromatic rings. The molecule has 3 fully saturated rings. The number of piperidine rings is 3. The maximum Gasteiger partial charge on any atom is 0.290 e. The molecule has 2 bridgehead atoms. The van der Waals surface area contributed by atoms with Crippen molar-refractivity contribution in [1.82, 2.24) is 19.4 Å². The van der Waals surface area contributed by atoms with Gasteiger partial charge in [0.2, 0.25) is 5.91 Å². The SMILES string of the molecule is CCn1cnc(CN2C[C@H]3C[C@@H](C2)[C@H](Cc2cccc(F)c2)N2C(=O)CCC[C@@H]32)c1.O=CO. The van der Waals surface area contributed by atoms with Crippen LogP contribution in [0.15, 0.2) is 36.8 Å². The third-order valence-electron chi connectivity index (χ3n) is 7.34. The van der Waals surface area contributed by atoms with Gasteiger partial charge in [-0.15, -0.1) is 0 Å². The zero-order chi connectivity index (χ0) is 23.4. The van der Waals surface area contributed by atoms with Gasteiger partial charge in [-0.1, -0.05) is 12.1 Å². The summed E-state index contributed by atoms with van der Waals surface area (Å²) in [6, 6.07) is 7.40. The molecule has 0 spiro atoms. The second kappa shape index (κ2) is 10.5. The van der Waals surface area contributed by atoms with E-state index in [-0.39, 0.29) is 18.3 Å². The van der Waals surface area contributed by atoms with Crippen LogP contribution in [0.25, 0.3) is 0 Å². The molecular formula is C25H33FN4O3. The number of aromatic nitrogens is 2. The minimum absolute atomic E-state index is 0.164. The summed E-state index contributed by atoms with van der Waals surface area (Å²) >= 11 is 0. The van der Waals surface area contributed by atoms with Crippen LogP contribution >= 0.6 is 0 Å². The van der Waals surface area contributed by atoms with E-state index in [0.29, 0.717) is 30.2 Å². The molecule has 4 atom stereocenters. The summed E-state index contributed by atoms with van der Waals surface area (Å²) in [6.07, 6.45) is 8.73. The van der Waals surface area contributed by atoms with Gasteiger partial charge in [-0.3, -0.25) is 14.5 Å². The average molecular weight is 457 g/mol. The molecule has 5 rings (SSSR count). The van der Waals surface area contributed by atoms with E-state index in [1.807, 2.05) is 12.4 Å². The number of carboxylic acid groups (broad SMARTS) is 1. The van der Waals surface area contributed by atoms with Crippen LogP contribution < -0.4 is 0 Å². The second-order valence-corrected chi connectivity index (χ2v) is 9.41. The van der Waals surface area contributed by atoms with E-state index in [1.54, 1.807) is 12.1 Å². The Kier molecular flexibility index (Phi) is 7.42. The predicted molar refractivity (Wildman–Crippen MR) is 122 cm³/mol. The molecule has 3 aliphatic heterocycles. The zero-order valence-corrected chi connectivity index (χ0v) is 19.1. The maximum absolute atomic E-state index is 13.8. The van der Waals surface area contributed by atoms with Crippen molar-refractivity contribution in [3.8, 4) is 0 Å². The predicted octanol–water partition coefficient (Wildman–Crippen LogP) is 3.19. The molecule has 7 nitrogen and oxygen atoms in total. The molecule has 1 aromatic carbocycles. The van der Waals surface area contributed by atoms with Gasteiger partial charge in [-0.25, -0.2) is 9.37 Å². The lowest BCUT2D eigenvalue weighted by Crippen LogP contribution is -2.65. The molecule has 3 aliphatic rings. The minimum Gasteiger partial charge on any atom is -0.483 e. The Balaban J connectivity index is 0.000000821. The Labute approximate surface area is 194 Å². The molecule has 178 valence electrons. The van der Waals surface area contributed by atoms with E-state index >= 15 is 0 Å². The van der Waals surface area contributed by atoms with E-state index in [2.05, 4.69) is 32.5 Å². The van der Waals surface area contributed by atoms with E-state index in [1.165, 1.54) is 12.5 Å². The maximum atomic E-state index is 13.8. The zero-order valence-electron chi connectivity index (χ0n) is 19.1. The quantitative estimate of drug-likeness (QED) is 0.699. The topological polar surface area (TPSA) is 78.7 Å². The van der Waals surface area contributed by atoms with Crippen LogP contribution in [0, 0.1) is 17.7 Å². The summed E-state index contributed by atoms with van der Waals surface area (Å²) in [6.45, 7) is 5.70. The third kappa shape index (κ3) is 5.27. The summed E-state index contributed by atoms with van der Waals surface area (Å²) in [7, 11) is 0. The number of carbonyl (C=O) groups excluding carboxylic acids is 1. The number of carbonyl (C=O) groups is 2. The number of hydrogen-bond acceptors (Lipinski definition) is 4. The lowest BCUT2D eigenvalue weighted by molar-refractivity contribution is -0.152. The van der Waals surface area contributed by atoms with Crippen molar-refractivity contribution in [1.29, 1.82) is 0 Å². The number of aryl methyl sites for hydroxylation is 1. The summed E-state index contributed by atoms with van der Waals surface area (Å²) < 4.78 is 15.9. The first-order valence-corrected chi connectivity index (χ1v) is 11.9. The van der Waals surface area contributed by atoms with Crippen LogP contribution in [0.5, 0.6) is 0 Å². The number of amides is 1. The largest absolute Gasteiger partial charge is 0.483 e. The Morgan fingerprint density at radius 3 is 2.79 bits per heavy atom. The second-order valence-electron chi connectivity index (χ2n) is 9.41. The molecule has 0 aliphatic carbocycles. The van der Waals surface area contributed by atoms with Gasteiger partial charge >= 0.3 is 0 Å². The molecule has 33 heavy (non-hydrogen) atoms. The third-order valence-corrected chi connectivity index (χ3v) is 7.34. The summed E-state index contributed by atoms with van der Waals surface area (Å²) in [5.74, 6) is 1.07. The lowest BCUT2D eigenvalue weighted by Gasteiger charge is -2.56. The van der Waals surface area contributed by atoms with Crippen LogP contribution in [-0.4, -0.2) is 62.0 Å². The number of benzene rings is 1. The van der Waals surface area contributed by atoms with Crippen LogP contribution in [0.3, 0.4) is 0 Å². The monoisotopic (exact) mass is 456 g/mol. The van der Waals surface area contributed by atoms with Crippen LogP contribution in [0.2, 0.25) is 0 Å². The van der Waals surface area contributed by atoms with Crippen molar-refractivity contribution in [3.63, 3.8) is 0 Å². The summed E-state index contributed by atoms with van der Waals surface area (Å²) in [4.78, 5) is 30.7. The van der Waals surface area contributed by atoms with Crippen LogP contribution in [0.1, 0.15) is 43.9 Å². The smallest absolute Gasteiger partial charge is 0.290 e. The summed E-state index contributed by atoms with van der Waals surface area (Å²) in [5, 5.41) is 6.89. The van der Waals surface area contributed by atoms with Gasteiger partial charge in [-0.05, 0) is 62.1 Å².